The third-order valence-electron chi connectivity index (χ3n) is 12.2. The predicted molar refractivity (Wildman–Crippen MR) is 363 cm³/mol. The summed E-state index contributed by atoms with van der Waals surface area (Å²) in [6.45, 7) is 12.7. The SMILES string of the molecule is C=CC(=O)Cc1cc(CSSCCN)c2ncnc(Nc3ccccc3)c2c1.C=CC(=O)Cc1cc2c(Nc3ccccc3)ncnc2cc1CSSCCN.C=CC(=O)Cc1ccc2ncnc(Nc3ccccc3)c2c1CSSCCN. The second kappa shape index (κ2) is 35.3. The first kappa shape index (κ1) is 64.5. The maximum absolute atomic E-state index is 12.0. The minimum Gasteiger partial charge on any atom is -0.340 e. The van der Waals surface area contributed by atoms with Crippen molar-refractivity contribution >= 4 is 149 Å². The standard InChI is InChI=1S/3C21H22N4OS2/c1-2-18(26)10-15-11-19-20(12-16(15)13-28-27-9-8-22)23-14-24-21(19)25-17-6-4-3-5-7-17;1-2-18(26)11-15-10-16(13-28-27-9-8-22)20-19(12-15)21(24-14-23-20)25-17-6-4-3-5-7-17;1-2-17(26)12-15-8-9-19-20(18(15)13-28-27-11-10-22)21(24-14-23-19)25-16-6-4-3-5-7-16/h2-7,11-12,14H,1,8-10,13,22H2,(H,23,24,25);2-7,10,12,14H,1,8-9,11,13,22H2,(H,23,24,25);2-9,14H,1,10-13,22H2,(H,23,24,25). The monoisotopic (exact) mass is 1230 g/mol. The van der Waals surface area contributed by atoms with E-state index < -0.39 is 0 Å². The molecule has 432 valence electrons. The average Bonchev–Trinajstić information content (AvgIpc) is 3.72. The molecule has 6 aromatic carbocycles. The number of carbonyl (C=O) groups is 3. The lowest BCUT2D eigenvalue weighted by Gasteiger charge is -2.15. The Bertz CT molecular complexity index is 3620. The van der Waals surface area contributed by atoms with Crippen molar-refractivity contribution in [1.29, 1.82) is 0 Å². The summed E-state index contributed by atoms with van der Waals surface area (Å²) in [7, 11) is 10.4. The third kappa shape index (κ3) is 19.8. The van der Waals surface area contributed by atoms with E-state index in [9.17, 15) is 14.4 Å². The molecule has 0 saturated heterocycles. The van der Waals surface area contributed by atoms with Crippen molar-refractivity contribution in [3.63, 3.8) is 0 Å². The topological polar surface area (TPSA) is 243 Å². The molecular formula is C63H66N12O3S6. The molecule has 9 rings (SSSR count). The third-order valence-corrected chi connectivity index (χ3v) is 19.3. The van der Waals surface area contributed by atoms with Crippen molar-refractivity contribution in [1.82, 2.24) is 29.9 Å². The summed E-state index contributed by atoms with van der Waals surface area (Å²) >= 11 is 0. The van der Waals surface area contributed by atoms with E-state index in [0.717, 1.165) is 135 Å². The van der Waals surface area contributed by atoms with Crippen LogP contribution in [-0.2, 0) is 50.9 Å². The smallest absolute Gasteiger partial charge is 0.159 e. The summed E-state index contributed by atoms with van der Waals surface area (Å²) in [5.41, 5.74) is 28.3. The molecule has 0 fully saturated rings. The van der Waals surface area contributed by atoms with Crippen LogP contribution in [0, 0.1) is 0 Å². The van der Waals surface area contributed by atoms with Gasteiger partial charge < -0.3 is 33.2 Å². The summed E-state index contributed by atoms with van der Waals surface area (Å²) in [6, 6.07) is 41.7. The van der Waals surface area contributed by atoms with Gasteiger partial charge in [-0.15, -0.1) is 0 Å². The quantitative estimate of drug-likeness (QED) is 0.0139. The lowest BCUT2D eigenvalue weighted by molar-refractivity contribution is -0.114. The van der Waals surface area contributed by atoms with Crippen molar-refractivity contribution < 1.29 is 14.4 Å². The summed E-state index contributed by atoms with van der Waals surface area (Å²) < 4.78 is 0. The predicted octanol–water partition coefficient (Wildman–Crippen LogP) is 13.5. The highest BCUT2D eigenvalue weighted by Gasteiger charge is 2.18. The van der Waals surface area contributed by atoms with Gasteiger partial charge in [-0.05, 0) is 112 Å². The second-order valence-corrected chi connectivity index (χ2v) is 25.9. The number of hydrogen-bond acceptors (Lipinski definition) is 21. The van der Waals surface area contributed by atoms with E-state index in [4.69, 9.17) is 17.2 Å². The lowest BCUT2D eigenvalue weighted by Crippen LogP contribution is -2.05. The van der Waals surface area contributed by atoms with Crippen LogP contribution in [0.3, 0.4) is 0 Å². The number of rotatable bonds is 30. The Morgan fingerprint density at radius 2 is 0.893 bits per heavy atom. The van der Waals surface area contributed by atoms with Crippen LogP contribution < -0.4 is 33.2 Å². The van der Waals surface area contributed by atoms with Crippen LogP contribution in [0.5, 0.6) is 0 Å². The molecular weight excluding hydrogens is 1170 g/mol. The van der Waals surface area contributed by atoms with Gasteiger partial charge in [0, 0.05) is 107 Å². The maximum atomic E-state index is 12.0. The molecule has 0 bridgehead atoms. The molecule has 21 heteroatoms. The maximum Gasteiger partial charge on any atom is 0.159 e. The van der Waals surface area contributed by atoms with E-state index in [-0.39, 0.29) is 17.3 Å². The van der Waals surface area contributed by atoms with E-state index in [1.54, 1.807) is 83.7 Å². The summed E-state index contributed by atoms with van der Waals surface area (Å²) in [4.78, 5) is 62.7. The number of allylic oxidation sites excluding steroid dienone is 3. The number of fused-ring (bicyclic) bond motifs is 3. The van der Waals surface area contributed by atoms with E-state index in [2.05, 4.69) is 77.7 Å². The fourth-order valence-corrected chi connectivity index (χ4v) is 14.2. The summed E-state index contributed by atoms with van der Waals surface area (Å²) in [6.07, 6.45) is 9.73. The summed E-state index contributed by atoms with van der Waals surface area (Å²) in [5.74, 6) is 7.13. The Labute approximate surface area is 514 Å². The van der Waals surface area contributed by atoms with Gasteiger partial charge in [0.1, 0.15) is 36.4 Å². The van der Waals surface area contributed by atoms with Crippen molar-refractivity contribution in [3.8, 4) is 0 Å². The molecule has 0 radical (unpaired) electrons. The van der Waals surface area contributed by atoms with Crippen LogP contribution in [0.1, 0.15) is 33.4 Å². The molecule has 9 aromatic rings. The Balaban J connectivity index is 0.000000181. The van der Waals surface area contributed by atoms with Gasteiger partial charge in [0.25, 0.3) is 0 Å². The first-order chi connectivity index (χ1) is 41.1. The van der Waals surface area contributed by atoms with Crippen molar-refractivity contribution in [2.75, 3.05) is 52.8 Å². The fraction of sp³-hybridized carbons (Fsp3) is 0.190. The van der Waals surface area contributed by atoms with Crippen LogP contribution >= 0.6 is 64.8 Å². The number of hydrogen-bond donors (Lipinski definition) is 6. The Hall–Kier alpha value is -7.05. The molecule has 0 aliphatic rings. The van der Waals surface area contributed by atoms with E-state index in [0.29, 0.717) is 38.9 Å². The highest BCUT2D eigenvalue weighted by atomic mass is 33.1. The zero-order valence-electron chi connectivity index (χ0n) is 46.3. The molecule has 0 unspecified atom stereocenters. The first-order valence-corrected chi connectivity index (χ1v) is 34.1. The number of nitrogens with one attached hydrogen (secondary N) is 3. The molecule has 0 atom stereocenters. The highest BCUT2D eigenvalue weighted by Crippen LogP contribution is 2.37. The van der Waals surface area contributed by atoms with Gasteiger partial charge in [0.05, 0.1) is 16.6 Å². The summed E-state index contributed by atoms with van der Waals surface area (Å²) in [5, 5.41) is 12.8. The molecule has 0 aliphatic carbocycles. The van der Waals surface area contributed by atoms with Crippen molar-refractivity contribution in [3.05, 3.63) is 218 Å². The zero-order valence-corrected chi connectivity index (χ0v) is 51.2. The number of nitrogens with two attached hydrogens (primary N) is 3. The van der Waals surface area contributed by atoms with E-state index >= 15 is 0 Å². The number of nitrogens with zero attached hydrogens (tertiary/aromatic N) is 6. The second-order valence-electron chi connectivity index (χ2n) is 18.2. The van der Waals surface area contributed by atoms with Gasteiger partial charge in [-0.3, -0.25) is 14.4 Å². The molecule has 3 aromatic heterocycles. The Morgan fingerprint density at radius 1 is 0.429 bits per heavy atom. The van der Waals surface area contributed by atoms with Crippen LogP contribution in [-0.4, -0.2) is 84.1 Å². The number of anilines is 6. The molecule has 0 saturated carbocycles. The molecule has 0 spiro atoms. The number of carbonyl (C=O) groups excluding carboxylic acids is 3. The number of aromatic nitrogens is 6. The Morgan fingerprint density at radius 3 is 1.44 bits per heavy atom. The van der Waals surface area contributed by atoms with Gasteiger partial charge in [0.15, 0.2) is 17.3 Å². The molecule has 15 nitrogen and oxygen atoms in total. The minimum atomic E-state index is -0.00937. The van der Waals surface area contributed by atoms with E-state index in [1.807, 2.05) is 115 Å². The van der Waals surface area contributed by atoms with Gasteiger partial charge >= 0.3 is 0 Å². The molecule has 84 heavy (non-hydrogen) atoms. The molecule has 9 N–H and O–H groups in total. The van der Waals surface area contributed by atoms with Crippen LogP contribution in [0.15, 0.2) is 184 Å². The van der Waals surface area contributed by atoms with Crippen molar-refractivity contribution in [2.24, 2.45) is 17.2 Å². The van der Waals surface area contributed by atoms with Crippen LogP contribution in [0.25, 0.3) is 32.7 Å². The van der Waals surface area contributed by atoms with Gasteiger partial charge in [-0.2, -0.15) is 0 Å². The average molecular weight is 1230 g/mol. The van der Waals surface area contributed by atoms with Gasteiger partial charge in [0.2, 0.25) is 0 Å². The fourth-order valence-electron chi connectivity index (χ4n) is 8.30. The number of para-hydroxylation sites is 3. The largest absolute Gasteiger partial charge is 0.340 e. The molecule has 0 amide bonds. The van der Waals surface area contributed by atoms with Crippen molar-refractivity contribution in [2.45, 2.75) is 36.5 Å². The first-order valence-electron chi connectivity index (χ1n) is 26.7. The minimum absolute atomic E-state index is 0.00497. The Kier molecular flexibility index (Phi) is 27.1. The van der Waals surface area contributed by atoms with Gasteiger partial charge in [-0.25, -0.2) is 29.9 Å². The van der Waals surface area contributed by atoms with E-state index in [1.165, 1.54) is 18.2 Å². The van der Waals surface area contributed by atoms with Gasteiger partial charge in [-0.1, -0.05) is 151 Å². The molecule has 3 heterocycles. The van der Waals surface area contributed by atoms with Crippen LogP contribution in [0.2, 0.25) is 0 Å². The normalized spacial score (nSPS) is 10.8. The zero-order chi connectivity index (χ0) is 59.3. The highest BCUT2D eigenvalue weighted by molar-refractivity contribution is 8.77. The van der Waals surface area contributed by atoms with Crippen LogP contribution in [0.4, 0.5) is 34.5 Å². The molecule has 0 aliphatic heterocycles. The number of benzene rings is 6. The lowest BCUT2D eigenvalue weighted by atomic mass is 9.99. The number of ketones is 3.